The van der Waals surface area contributed by atoms with Gasteiger partial charge < -0.3 is 9.84 Å². The van der Waals surface area contributed by atoms with Crippen LogP contribution in [0.2, 0.25) is 0 Å². The maximum absolute atomic E-state index is 11.5. The molecule has 0 bridgehead atoms. The molecule has 3 heteroatoms. The van der Waals surface area contributed by atoms with Gasteiger partial charge in [-0.15, -0.1) is 0 Å². The van der Waals surface area contributed by atoms with Crippen LogP contribution in [0.4, 0.5) is 0 Å². The summed E-state index contributed by atoms with van der Waals surface area (Å²) in [6, 6.07) is 8.77. The maximum atomic E-state index is 11.5. The second-order valence-corrected chi connectivity index (χ2v) is 4.05. The van der Waals surface area contributed by atoms with Crippen LogP contribution < -0.4 is 0 Å². The summed E-state index contributed by atoms with van der Waals surface area (Å²) in [5.41, 5.74) is 0.511. The lowest BCUT2D eigenvalue weighted by Gasteiger charge is -2.00. The van der Waals surface area contributed by atoms with Crippen molar-refractivity contribution in [2.45, 2.75) is 18.9 Å². The second kappa shape index (κ2) is 5.51. The first-order valence-electron chi connectivity index (χ1n) is 5.66. The highest BCUT2D eigenvalue weighted by Gasteiger charge is 2.28. The zero-order chi connectivity index (χ0) is 12.1. The lowest BCUT2D eigenvalue weighted by atomic mass is 10.2. The molecule has 3 nitrogen and oxygen atoms in total. The lowest BCUT2D eigenvalue weighted by Crippen LogP contribution is -2.07. The second-order valence-electron chi connectivity index (χ2n) is 4.05. The molecule has 0 spiro atoms. The number of esters is 1. The normalized spacial score (nSPS) is 15.6. The first-order valence-corrected chi connectivity index (χ1v) is 5.66. The molecule has 1 saturated carbocycles. The highest BCUT2D eigenvalue weighted by Crippen LogP contribution is 2.32. The minimum Gasteiger partial charge on any atom is -0.449 e. The van der Waals surface area contributed by atoms with Gasteiger partial charge in [0.25, 0.3) is 0 Å². The van der Waals surface area contributed by atoms with Crippen molar-refractivity contribution < 1.29 is 14.6 Å². The third-order valence-corrected chi connectivity index (χ3v) is 2.60. The van der Waals surface area contributed by atoms with Crippen molar-refractivity contribution in [1.29, 1.82) is 0 Å². The fraction of sp³-hybridized carbons (Fsp3) is 0.357. The Morgan fingerprint density at radius 1 is 1.41 bits per heavy atom. The SMILES string of the molecule is O=C(OCC#C[C@@H](O)C1CC1)c1ccccc1. The predicted octanol–water partition coefficient (Wildman–Crippen LogP) is 1.62. The standard InChI is InChI=1S/C14H14O3/c15-13(11-8-9-11)7-4-10-17-14(16)12-5-2-1-3-6-12/h1-3,5-6,11,13,15H,8-10H2/t13-/m1/s1. The third kappa shape index (κ3) is 3.61. The summed E-state index contributed by atoms with van der Waals surface area (Å²) in [5.74, 6) is 5.28. The van der Waals surface area contributed by atoms with Crippen molar-refractivity contribution in [3.05, 3.63) is 35.9 Å². The quantitative estimate of drug-likeness (QED) is 0.634. The van der Waals surface area contributed by atoms with Crippen LogP contribution in [0, 0.1) is 17.8 Å². The van der Waals surface area contributed by atoms with Crippen LogP contribution in [-0.4, -0.2) is 23.8 Å². The molecule has 17 heavy (non-hydrogen) atoms. The first-order chi connectivity index (χ1) is 8.27. The van der Waals surface area contributed by atoms with Gasteiger partial charge in [-0.3, -0.25) is 0 Å². The number of hydrogen-bond acceptors (Lipinski definition) is 3. The topological polar surface area (TPSA) is 46.5 Å². The number of aliphatic hydroxyl groups excluding tert-OH is 1. The highest BCUT2D eigenvalue weighted by molar-refractivity contribution is 5.89. The van der Waals surface area contributed by atoms with Crippen molar-refractivity contribution >= 4 is 5.97 Å². The van der Waals surface area contributed by atoms with Crippen molar-refractivity contribution in [1.82, 2.24) is 0 Å². The van der Waals surface area contributed by atoms with E-state index in [1.54, 1.807) is 24.3 Å². The summed E-state index contributed by atoms with van der Waals surface area (Å²) < 4.78 is 4.95. The summed E-state index contributed by atoms with van der Waals surface area (Å²) in [7, 11) is 0. The van der Waals surface area contributed by atoms with Crippen molar-refractivity contribution in [2.24, 2.45) is 5.92 Å². The van der Waals surface area contributed by atoms with E-state index in [9.17, 15) is 9.90 Å². The van der Waals surface area contributed by atoms with Gasteiger partial charge in [0.1, 0.15) is 6.10 Å². The minimum absolute atomic E-state index is 0.0253. The van der Waals surface area contributed by atoms with Crippen molar-refractivity contribution in [3.63, 3.8) is 0 Å². The lowest BCUT2D eigenvalue weighted by molar-refractivity contribution is 0.0556. The van der Waals surface area contributed by atoms with Gasteiger partial charge in [-0.05, 0) is 30.9 Å². The molecular weight excluding hydrogens is 216 g/mol. The first kappa shape index (κ1) is 11.7. The van der Waals surface area contributed by atoms with E-state index in [0.717, 1.165) is 12.8 Å². The molecule has 0 aromatic heterocycles. The molecule has 0 amide bonds. The number of rotatable bonds is 3. The van der Waals surface area contributed by atoms with Crippen molar-refractivity contribution in [2.75, 3.05) is 6.61 Å². The maximum Gasteiger partial charge on any atom is 0.339 e. The van der Waals surface area contributed by atoms with E-state index in [2.05, 4.69) is 11.8 Å². The van der Waals surface area contributed by atoms with E-state index in [4.69, 9.17) is 4.74 Å². The smallest absolute Gasteiger partial charge is 0.339 e. The predicted molar refractivity (Wildman–Crippen MR) is 63.2 cm³/mol. The molecule has 1 fully saturated rings. The van der Waals surface area contributed by atoms with E-state index in [-0.39, 0.29) is 12.6 Å². The minimum atomic E-state index is -0.564. The molecular formula is C14H14O3. The molecule has 0 aliphatic heterocycles. The summed E-state index contributed by atoms with van der Waals surface area (Å²) in [6.45, 7) is 0.0253. The average Bonchev–Trinajstić information content (AvgIpc) is 3.19. The fourth-order valence-electron chi connectivity index (χ4n) is 1.44. The van der Waals surface area contributed by atoms with E-state index >= 15 is 0 Å². The molecule has 2 rings (SSSR count). The molecule has 0 saturated heterocycles. The Kier molecular flexibility index (Phi) is 3.79. The van der Waals surface area contributed by atoms with Crippen LogP contribution in [-0.2, 0) is 4.74 Å². The largest absolute Gasteiger partial charge is 0.449 e. The van der Waals surface area contributed by atoms with E-state index in [1.807, 2.05) is 6.07 Å². The monoisotopic (exact) mass is 230 g/mol. The molecule has 1 atom stereocenters. The Labute approximate surface area is 100 Å². The summed E-state index contributed by atoms with van der Waals surface area (Å²) in [5, 5.41) is 9.46. The number of hydrogen-bond donors (Lipinski definition) is 1. The van der Waals surface area contributed by atoms with Crippen LogP contribution in [0.15, 0.2) is 30.3 Å². The fourth-order valence-corrected chi connectivity index (χ4v) is 1.44. The molecule has 1 aromatic rings. The van der Waals surface area contributed by atoms with Gasteiger partial charge in [-0.2, -0.15) is 0 Å². The van der Waals surface area contributed by atoms with Crippen LogP contribution in [0.25, 0.3) is 0 Å². The average molecular weight is 230 g/mol. The molecule has 0 unspecified atom stereocenters. The molecule has 88 valence electrons. The number of ether oxygens (including phenoxy) is 1. The molecule has 1 N–H and O–H groups in total. The Hall–Kier alpha value is -1.79. The van der Waals surface area contributed by atoms with Gasteiger partial charge in [0.15, 0.2) is 6.61 Å². The summed E-state index contributed by atoms with van der Waals surface area (Å²) >= 11 is 0. The summed E-state index contributed by atoms with van der Waals surface area (Å²) in [6.07, 6.45) is 1.52. The zero-order valence-corrected chi connectivity index (χ0v) is 9.43. The van der Waals surface area contributed by atoms with E-state index in [0.29, 0.717) is 11.5 Å². The molecule has 0 heterocycles. The highest BCUT2D eigenvalue weighted by atomic mass is 16.5. The number of benzene rings is 1. The molecule has 0 radical (unpaired) electrons. The Bertz CT molecular complexity index is 438. The van der Waals surface area contributed by atoms with Gasteiger partial charge in [0, 0.05) is 0 Å². The van der Waals surface area contributed by atoms with Crippen LogP contribution >= 0.6 is 0 Å². The van der Waals surface area contributed by atoms with Crippen LogP contribution in [0.1, 0.15) is 23.2 Å². The zero-order valence-electron chi connectivity index (χ0n) is 9.43. The molecule has 1 aliphatic rings. The van der Waals surface area contributed by atoms with Gasteiger partial charge >= 0.3 is 5.97 Å². The van der Waals surface area contributed by atoms with Gasteiger partial charge in [0.05, 0.1) is 5.56 Å². The van der Waals surface area contributed by atoms with E-state index in [1.165, 1.54) is 0 Å². The molecule has 1 aromatic carbocycles. The van der Waals surface area contributed by atoms with E-state index < -0.39 is 6.10 Å². The molecule has 1 aliphatic carbocycles. The van der Waals surface area contributed by atoms with Crippen LogP contribution in [0.3, 0.4) is 0 Å². The number of aliphatic hydroxyl groups is 1. The Morgan fingerprint density at radius 2 is 2.12 bits per heavy atom. The third-order valence-electron chi connectivity index (χ3n) is 2.60. The summed E-state index contributed by atoms with van der Waals surface area (Å²) in [4.78, 5) is 11.5. The van der Waals surface area contributed by atoms with Crippen molar-refractivity contribution in [3.8, 4) is 11.8 Å². The van der Waals surface area contributed by atoms with Gasteiger partial charge in [0.2, 0.25) is 0 Å². The van der Waals surface area contributed by atoms with Gasteiger partial charge in [-0.1, -0.05) is 30.0 Å². The van der Waals surface area contributed by atoms with Gasteiger partial charge in [-0.25, -0.2) is 4.79 Å². The Balaban J connectivity index is 1.76. The number of carbonyl (C=O) groups excluding carboxylic acids is 1. The van der Waals surface area contributed by atoms with Crippen LogP contribution in [0.5, 0.6) is 0 Å². The number of carbonyl (C=O) groups is 1. The Morgan fingerprint density at radius 3 is 2.76 bits per heavy atom.